The molecule has 0 spiro atoms. The van der Waals surface area contributed by atoms with Gasteiger partial charge in [0.25, 0.3) is 5.91 Å². The van der Waals surface area contributed by atoms with Crippen molar-refractivity contribution in [2.75, 3.05) is 39.3 Å². The van der Waals surface area contributed by atoms with Crippen LogP contribution in [0.2, 0.25) is 0 Å². The summed E-state index contributed by atoms with van der Waals surface area (Å²) in [6, 6.07) is 7.30. The monoisotopic (exact) mass is 340 g/mol. The molecule has 7 heteroatoms. The Morgan fingerprint density at radius 1 is 1.13 bits per heavy atom. The molecule has 0 atom stereocenters. The van der Waals surface area contributed by atoms with Gasteiger partial charge in [0.1, 0.15) is 0 Å². The van der Waals surface area contributed by atoms with Crippen LogP contribution in [0.3, 0.4) is 0 Å². The third-order valence-corrected chi connectivity index (χ3v) is 3.68. The van der Waals surface area contributed by atoms with E-state index in [9.17, 15) is 9.59 Å². The Morgan fingerprint density at radius 2 is 1.78 bits per heavy atom. The lowest BCUT2D eigenvalue weighted by Gasteiger charge is -2.27. The van der Waals surface area contributed by atoms with Crippen LogP contribution in [-0.2, 0) is 11.3 Å². The minimum atomic E-state index is -0.0604. The second-order valence-electron chi connectivity index (χ2n) is 5.45. The molecule has 0 aromatic heterocycles. The SMILES string of the molecule is CC(=O)NCc1ccc(C(=O)NCCN2CCNCC2)cc1.Cl. The quantitative estimate of drug-likeness (QED) is 0.700. The zero-order valence-corrected chi connectivity index (χ0v) is 14.2. The van der Waals surface area contributed by atoms with Crippen LogP contribution in [0.5, 0.6) is 0 Å². The van der Waals surface area contributed by atoms with Gasteiger partial charge in [0, 0.05) is 58.3 Å². The fraction of sp³-hybridized carbons (Fsp3) is 0.500. The van der Waals surface area contributed by atoms with Gasteiger partial charge in [0.15, 0.2) is 0 Å². The van der Waals surface area contributed by atoms with Crippen LogP contribution >= 0.6 is 12.4 Å². The molecule has 1 heterocycles. The number of carbonyl (C=O) groups is 2. The number of halogens is 1. The number of hydrogen-bond acceptors (Lipinski definition) is 4. The van der Waals surface area contributed by atoms with E-state index in [4.69, 9.17) is 0 Å². The Balaban J connectivity index is 0.00000264. The lowest BCUT2D eigenvalue weighted by molar-refractivity contribution is -0.119. The Labute approximate surface area is 143 Å². The summed E-state index contributed by atoms with van der Waals surface area (Å²) in [7, 11) is 0. The van der Waals surface area contributed by atoms with Crippen LogP contribution in [0.25, 0.3) is 0 Å². The van der Waals surface area contributed by atoms with E-state index in [1.165, 1.54) is 6.92 Å². The van der Waals surface area contributed by atoms with Crippen LogP contribution in [0, 0.1) is 0 Å². The highest BCUT2D eigenvalue weighted by Gasteiger charge is 2.10. The number of benzene rings is 1. The van der Waals surface area contributed by atoms with Gasteiger partial charge in [0.05, 0.1) is 0 Å². The average molecular weight is 341 g/mol. The number of nitrogens with zero attached hydrogens (tertiary/aromatic N) is 1. The van der Waals surface area contributed by atoms with Crippen molar-refractivity contribution in [2.24, 2.45) is 0 Å². The summed E-state index contributed by atoms with van der Waals surface area (Å²) in [6.07, 6.45) is 0. The van der Waals surface area contributed by atoms with E-state index in [2.05, 4.69) is 20.9 Å². The summed E-state index contributed by atoms with van der Waals surface area (Å²) in [5, 5.41) is 8.98. The fourth-order valence-corrected chi connectivity index (χ4v) is 2.36. The number of hydrogen-bond donors (Lipinski definition) is 3. The first-order valence-electron chi connectivity index (χ1n) is 7.70. The lowest BCUT2D eigenvalue weighted by atomic mass is 10.1. The van der Waals surface area contributed by atoms with E-state index in [0.717, 1.165) is 38.3 Å². The van der Waals surface area contributed by atoms with Gasteiger partial charge in [0.2, 0.25) is 5.91 Å². The molecule has 2 rings (SSSR count). The van der Waals surface area contributed by atoms with Crippen LogP contribution in [0.1, 0.15) is 22.8 Å². The second kappa shape index (κ2) is 10.2. The van der Waals surface area contributed by atoms with Gasteiger partial charge in [-0.3, -0.25) is 14.5 Å². The zero-order valence-electron chi connectivity index (χ0n) is 13.4. The predicted molar refractivity (Wildman–Crippen MR) is 92.9 cm³/mol. The third-order valence-electron chi connectivity index (χ3n) is 3.68. The molecule has 2 amide bonds. The number of nitrogens with one attached hydrogen (secondary N) is 3. The van der Waals surface area contributed by atoms with Gasteiger partial charge in [-0.15, -0.1) is 12.4 Å². The molecule has 6 nitrogen and oxygen atoms in total. The second-order valence-corrected chi connectivity index (χ2v) is 5.45. The van der Waals surface area contributed by atoms with Crippen molar-refractivity contribution in [1.82, 2.24) is 20.9 Å². The highest BCUT2D eigenvalue weighted by molar-refractivity contribution is 5.94. The van der Waals surface area contributed by atoms with E-state index < -0.39 is 0 Å². The molecule has 0 radical (unpaired) electrons. The van der Waals surface area contributed by atoms with Crippen molar-refractivity contribution in [1.29, 1.82) is 0 Å². The van der Waals surface area contributed by atoms with E-state index in [-0.39, 0.29) is 24.2 Å². The first-order valence-corrected chi connectivity index (χ1v) is 7.70. The van der Waals surface area contributed by atoms with Gasteiger partial charge in [-0.05, 0) is 17.7 Å². The Hall–Kier alpha value is -1.63. The van der Waals surface area contributed by atoms with Gasteiger partial charge in [-0.25, -0.2) is 0 Å². The van der Waals surface area contributed by atoms with Gasteiger partial charge in [-0.1, -0.05) is 12.1 Å². The smallest absolute Gasteiger partial charge is 0.251 e. The minimum Gasteiger partial charge on any atom is -0.352 e. The van der Waals surface area contributed by atoms with Gasteiger partial charge in [-0.2, -0.15) is 0 Å². The highest BCUT2D eigenvalue weighted by atomic mass is 35.5. The van der Waals surface area contributed by atoms with Gasteiger partial charge >= 0.3 is 0 Å². The van der Waals surface area contributed by atoms with Crippen molar-refractivity contribution in [3.05, 3.63) is 35.4 Å². The molecule has 0 aliphatic carbocycles. The topological polar surface area (TPSA) is 73.5 Å². The summed E-state index contributed by atoms with van der Waals surface area (Å²) in [5.41, 5.74) is 1.62. The molecule has 1 fully saturated rings. The van der Waals surface area contributed by atoms with Crippen molar-refractivity contribution in [3.8, 4) is 0 Å². The third kappa shape index (κ3) is 6.99. The molecule has 0 saturated carbocycles. The van der Waals surface area contributed by atoms with Crippen LogP contribution < -0.4 is 16.0 Å². The van der Waals surface area contributed by atoms with Gasteiger partial charge < -0.3 is 16.0 Å². The summed E-state index contributed by atoms with van der Waals surface area (Å²) in [5.74, 6) is -0.115. The molecule has 1 aromatic rings. The maximum atomic E-state index is 12.1. The Bertz CT molecular complexity index is 501. The molecular formula is C16H25ClN4O2. The highest BCUT2D eigenvalue weighted by Crippen LogP contribution is 2.04. The number of carbonyl (C=O) groups excluding carboxylic acids is 2. The van der Waals surface area contributed by atoms with Crippen molar-refractivity contribution in [3.63, 3.8) is 0 Å². The summed E-state index contributed by atoms with van der Waals surface area (Å²) in [4.78, 5) is 25.3. The summed E-state index contributed by atoms with van der Waals surface area (Å²) in [6.45, 7) is 7.62. The zero-order chi connectivity index (χ0) is 15.8. The molecule has 0 bridgehead atoms. The Kier molecular flexibility index (Phi) is 8.61. The summed E-state index contributed by atoms with van der Waals surface area (Å²) >= 11 is 0. The first-order chi connectivity index (χ1) is 10.6. The molecule has 1 saturated heterocycles. The standard InChI is InChI=1S/C16H24N4O2.ClH/c1-13(21)19-12-14-2-4-15(5-3-14)16(22)18-8-11-20-9-6-17-7-10-20;/h2-5,17H,6-12H2,1H3,(H,18,22)(H,19,21);1H. The van der Waals surface area contributed by atoms with E-state index >= 15 is 0 Å². The van der Waals surface area contributed by atoms with Crippen molar-refractivity contribution in [2.45, 2.75) is 13.5 Å². The van der Waals surface area contributed by atoms with E-state index in [0.29, 0.717) is 18.7 Å². The Morgan fingerprint density at radius 3 is 2.39 bits per heavy atom. The first kappa shape index (κ1) is 19.4. The summed E-state index contributed by atoms with van der Waals surface area (Å²) < 4.78 is 0. The lowest BCUT2D eigenvalue weighted by Crippen LogP contribution is -2.46. The average Bonchev–Trinajstić information content (AvgIpc) is 2.54. The van der Waals surface area contributed by atoms with E-state index in [1.807, 2.05) is 12.1 Å². The maximum absolute atomic E-state index is 12.1. The molecule has 23 heavy (non-hydrogen) atoms. The van der Waals surface area contributed by atoms with Crippen LogP contribution in [-0.4, -0.2) is 56.0 Å². The number of rotatable bonds is 6. The molecule has 0 unspecified atom stereocenters. The molecular weight excluding hydrogens is 316 g/mol. The van der Waals surface area contributed by atoms with Crippen molar-refractivity contribution < 1.29 is 9.59 Å². The largest absolute Gasteiger partial charge is 0.352 e. The molecule has 3 N–H and O–H groups in total. The van der Waals surface area contributed by atoms with Crippen LogP contribution in [0.15, 0.2) is 24.3 Å². The minimum absolute atomic E-state index is 0. The molecule has 1 aliphatic rings. The van der Waals surface area contributed by atoms with Crippen LogP contribution in [0.4, 0.5) is 0 Å². The molecule has 128 valence electrons. The van der Waals surface area contributed by atoms with Crippen molar-refractivity contribution >= 4 is 24.2 Å². The number of amides is 2. The molecule has 1 aromatic carbocycles. The fourth-order valence-electron chi connectivity index (χ4n) is 2.36. The predicted octanol–water partition coefficient (Wildman–Crippen LogP) is 0.380. The molecule has 1 aliphatic heterocycles. The van der Waals surface area contributed by atoms with E-state index in [1.54, 1.807) is 12.1 Å². The number of piperazine rings is 1. The normalized spacial score (nSPS) is 14.7. The maximum Gasteiger partial charge on any atom is 0.251 e.